The highest BCUT2D eigenvalue weighted by Crippen LogP contribution is 2.33. The molecule has 0 saturated carbocycles. The number of likely N-dealkylation sites (tertiary alicyclic amines) is 1. The summed E-state index contributed by atoms with van der Waals surface area (Å²) < 4.78 is 0. The Kier molecular flexibility index (Phi) is 3.08. The van der Waals surface area contributed by atoms with Crippen molar-refractivity contribution >= 4 is 5.91 Å². The Labute approximate surface area is 108 Å². The van der Waals surface area contributed by atoms with Crippen LogP contribution < -0.4 is 5.73 Å². The second-order valence-electron chi connectivity index (χ2n) is 5.48. The van der Waals surface area contributed by atoms with Gasteiger partial charge in [0.15, 0.2) is 0 Å². The van der Waals surface area contributed by atoms with E-state index in [2.05, 4.69) is 18.2 Å². The van der Waals surface area contributed by atoms with Gasteiger partial charge in [-0.1, -0.05) is 24.3 Å². The highest BCUT2D eigenvalue weighted by molar-refractivity contribution is 5.84. The number of rotatable bonds is 1. The minimum atomic E-state index is 0.0697. The first kappa shape index (κ1) is 11.7. The molecule has 0 radical (unpaired) electrons. The van der Waals surface area contributed by atoms with E-state index >= 15 is 0 Å². The second kappa shape index (κ2) is 4.73. The highest BCUT2D eigenvalue weighted by atomic mass is 16.2. The molecule has 1 fully saturated rings. The molecule has 1 unspecified atom stereocenters. The lowest BCUT2D eigenvalue weighted by Crippen LogP contribution is -2.36. The second-order valence-corrected chi connectivity index (χ2v) is 5.48. The maximum Gasteiger partial charge on any atom is 0.230 e. The van der Waals surface area contributed by atoms with Gasteiger partial charge in [-0.2, -0.15) is 0 Å². The zero-order chi connectivity index (χ0) is 12.5. The van der Waals surface area contributed by atoms with Gasteiger partial charge in [-0.25, -0.2) is 0 Å². The maximum absolute atomic E-state index is 12.6. The Balaban J connectivity index is 1.83. The van der Waals surface area contributed by atoms with Crippen LogP contribution in [-0.4, -0.2) is 29.9 Å². The summed E-state index contributed by atoms with van der Waals surface area (Å²) in [6.07, 6.45) is 4.16. The number of aryl methyl sites for hydroxylation is 1. The van der Waals surface area contributed by atoms with Crippen LogP contribution in [0.5, 0.6) is 0 Å². The number of hydrogen-bond acceptors (Lipinski definition) is 2. The van der Waals surface area contributed by atoms with Crippen LogP contribution >= 0.6 is 0 Å². The molecule has 1 aliphatic carbocycles. The number of hydrogen-bond donors (Lipinski definition) is 1. The molecule has 96 valence electrons. The van der Waals surface area contributed by atoms with Crippen molar-refractivity contribution in [1.29, 1.82) is 0 Å². The van der Waals surface area contributed by atoms with Gasteiger partial charge in [-0.15, -0.1) is 0 Å². The molecule has 1 aromatic rings. The monoisotopic (exact) mass is 244 g/mol. The van der Waals surface area contributed by atoms with Gasteiger partial charge in [-0.3, -0.25) is 4.79 Å². The maximum atomic E-state index is 12.6. The molecule has 1 aromatic carbocycles. The Morgan fingerprint density at radius 2 is 2.11 bits per heavy atom. The van der Waals surface area contributed by atoms with Crippen molar-refractivity contribution < 1.29 is 4.79 Å². The molecule has 2 atom stereocenters. The van der Waals surface area contributed by atoms with Crippen molar-refractivity contribution in [2.45, 2.75) is 37.6 Å². The van der Waals surface area contributed by atoms with E-state index in [9.17, 15) is 4.79 Å². The van der Waals surface area contributed by atoms with Gasteiger partial charge >= 0.3 is 0 Å². The summed E-state index contributed by atoms with van der Waals surface area (Å²) in [6.45, 7) is 1.57. The number of carbonyl (C=O) groups is 1. The number of nitrogens with zero attached hydrogens (tertiary/aromatic N) is 1. The van der Waals surface area contributed by atoms with E-state index in [1.807, 2.05) is 11.0 Å². The summed E-state index contributed by atoms with van der Waals surface area (Å²) in [7, 11) is 0. The van der Waals surface area contributed by atoms with Crippen molar-refractivity contribution in [2.24, 2.45) is 5.73 Å². The van der Waals surface area contributed by atoms with Gasteiger partial charge < -0.3 is 10.6 Å². The third-order valence-electron chi connectivity index (χ3n) is 4.20. The summed E-state index contributed by atoms with van der Waals surface area (Å²) in [6, 6.07) is 8.56. The molecule has 2 N–H and O–H groups in total. The number of fused-ring (bicyclic) bond motifs is 1. The van der Waals surface area contributed by atoms with Crippen LogP contribution in [0.2, 0.25) is 0 Å². The summed E-state index contributed by atoms with van der Waals surface area (Å²) in [5.41, 5.74) is 8.49. The molecular formula is C15H20N2O. The van der Waals surface area contributed by atoms with Gasteiger partial charge in [0.1, 0.15) is 0 Å². The fourth-order valence-electron chi connectivity index (χ4n) is 3.22. The zero-order valence-corrected chi connectivity index (χ0v) is 10.6. The summed E-state index contributed by atoms with van der Waals surface area (Å²) >= 11 is 0. The number of nitrogens with two attached hydrogens (primary N) is 1. The van der Waals surface area contributed by atoms with E-state index in [-0.39, 0.29) is 17.9 Å². The molecule has 0 aromatic heterocycles. The van der Waals surface area contributed by atoms with E-state index in [1.54, 1.807) is 0 Å². The minimum Gasteiger partial charge on any atom is -0.341 e. The van der Waals surface area contributed by atoms with E-state index in [0.29, 0.717) is 0 Å². The molecule has 18 heavy (non-hydrogen) atoms. The van der Waals surface area contributed by atoms with Crippen LogP contribution in [0.1, 0.15) is 36.3 Å². The van der Waals surface area contributed by atoms with Gasteiger partial charge in [0, 0.05) is 19.1 Å². The molecule has 3 heteroatoms. The summed E-state index contributed by atoms with van der Waals surface area (Å²) in [5.74, 6) is 0.357. The Bertz CT molecular complexity index is 458. The number of benzene rings is 1. The summed E-state index contributed by atoms with van der Waals surface area (Å²) in [4.78, 5) is 14.5. The fourth-order valence-corrected chi connectivity index (χ4v) is 3.22. The lowest BCUT2D eigenvalue weighted by molar-refractivity contribution is -0.132. The third kappa shape index (κ3) is 2.03. The fraction of sp³-hybridized carbons (Fsp3) is 0.533. The smallest absolute Gasteiger partial charge is 0.230 e. The molecule has 2 aliphatic rings. The minimum absolute atomic E-state index is 0.0697. The molecule has 3 nitrogen and oxygen atoms in total. The number of carbonyl (C=O) groups excluding carboxylic acids is 1. The average Bonchev–Trinajstić information content (AvgIpc) is 2.84. The van der Waals surface area contributed by atoms with Gasteiger partial charge in [0.25, 0.3) is 0 Å². The predicted molar refractivity (Wildman–Crippen MR) is 71.3 cm³/mol. The number of amides is 1. The normalized spacial score (nSPS) is 27.1. The molecular weight excluding hydrogens is 224 g/mol. The Morgan fingerprint density at radius 3 is 2.89 bits per heavy atom. The SMILES string of the molecule is N[C@H]1CCN(C(=O)C2CCCc3ccccc32)C1. The van der Waals surface area contributed by atoms with Crippen LogP contribution in [0.4, 0.5) is 0 Å². The molecule has 1 amide bonds. The molecule has 0 bridgehead atoms. The highest BCUT2D eigenvalue weighted by Gasteiger charge is 2.32. The average molecular weight is 244 g/mol. The van der Waals surface area contributed by atoms with Crippen LogP contribution in [0.25, 0.3) is 0 Å². The lowest BCUT2D eigenvalue weighted by atomic mass is 9.82. The van der Waals surface area contributed by atoms with E-state index in [4.69, 9.17) is 5.73 Å². The Morgan fingerprint density at radius 1 is 1.28 bits per heavy atom. The van der Waals surface area contributed by atoms with Crippen LogP contribution in [0.15, 0.2) is 24.3 Å². The standard InChI is InChI=1S/C15H20N2O/c16-12-8-9-17(10-12)15(18)14-7-3-5-11-4-1-2-6-13(11)14/h1-2,4,6,12,14H,3,5,7-10,16H2/t12-,14?/m0/s1. The first-order valence-corrected chi connectivity index (χ1v) is 6.88. The zero-order valence-electron chi connectivity index (χ0n) is 10.6. The quantitative estimate of drug-likeness (QED) is 0.816. The van der Waals surface area contributed by atoms with Crippen LogP contribution in [0.3, 0.4) is 0 Å². The van der Waals surface area contributed by atoms with Crippen LogP contribution in [0, 0.1) is 0 Å². The summed E-state index contributed by atoms with van der Waals surface area (Å²) in [5, 5.41) is 0. The van der Waals surface area contributed by atoms with Crippen molar-refractivity contribution in [1.82, 2.24) is 4.90 Å². The predicted octanol–water partition coefficient (Wildman–Crippen LogP) is 1.67. The third-order valence-corrected chi connectivity index (χ3v) is 4.20. The van der Waals surface area contributed by atoms with E-state index in [1.165, 1.54) is 11.1 Å². The van der Waals surface area contributed by atoms with Gasteiger partial charge in [0.05, 0.1) is 5.92 Å². The molecule has 1 aliphatic heterocycles. The molecule has 1 heterocycles. The lowest BCUT2D eigenvalue weighted by Gasteiger charge is -2.28. The molecule has 3 rings (SSSR count). The molecule has 1 saturated heterocycles. The van der Waals surface area contributed by atoms with E-state index < -0.39 is 0 Å². The largest absolute Gasteiger partial charge is 0.341 e. The van der Waals surface area contributed by atoms with E-state index in [0.717, 1.165) is 38.8 Å². The van der Waals surface area contributed by atoms with Gasteiger partial charge in [0.2, 0.25) is 5.91 Å². The first-order chi connectivity index (χ1) is 8.75. The van der Waals surface area contributed by atoms with Crippen molar-refractivity contribution in [3.8, 4) is 0 Å². The van der Waals surface area contributed by atoms with Crippen molar-refractivity contribution in [2.75, 3.05) is 13.1 Å². The van der Waals surface area contributed by atoms with Crippen LogP contribution in [-0.2, 0) is 11.2 Å². The van der Waals surface area contributed by atoms with Gasteiger partial charge in [-0.05, 0) is 36.8 Å². The van der Waals surface area contributed by atoms with Crippen molar-refractivity contribution in [3.63, 3.8) is 0 Å². The first-order valence-electron chi connectivity index (χ1n) is 6.88. The van der Waals surface area contributed by atoms with Crippen molar-refractivity contribution in [3.05, 3.63) is 35.4 Å². The Hall–Kier alpha value is -1.35. The topological polar surface area (TPSA) is 46.3 Å². The molecule has 0 spiro atoms.